The van der Waals surface area contributed by atoms with E-state index in [0.29, 0.717) is 12.1 Å². The van der Waals surface area contributed by atoms with Crippen molar-refractivity contribution < 1.29 is 26.3 Å². The van der Waals surface area contributed by atoms with Crippen molar-refractivity contribution >= 4 is 0 Å². The van der Waals surface area contributed by atoms with Gasteiger partial charge in [-0.05, 0) is 23.8 Å². The van der Waals surface area contributed by atoms with Crippen molar-refractivity contribution in [1.29, 1.82) is 0 Å². The Hall–Kier alpha value is -2.05. The molecule has 7 heteroatoms. The van der Waals surface area contributed by atoms with Gasteiger partial charge in [-0.25, -0.2) is 13.8 Å². The average molecular weight is 276 g/mol. The highest BCUT2D eigenvalue weighted by Crippen LogP contribution is 2.32. The SMILES string of the molecule is Fc1[c]c(C(F)(F)F)cc(-c2cnc(F)c(F)c2)c1. The Morgan fingerprint density at radius 3 is 2.21 bits per heavy atom. The number of rotatable bonds is 1. The second-order valence-corrected chi connectivity index (χ2v) is 3.63. The molecule has 0 aliphatic carbocycles. The Labute approximate surface area is 103 Å². The molecular formula is C12H4F6N. The van der Waals surface area contributed by atoms with Crippen molar-refractivity contribution in [3.8, 4) is 11.1 Å². The van der Waals surface area contributed by atoms with Gasteiger partial charge in [-0.3, -0.25) is 0 Å². The first-order valence-electron chi connectivity index (χ1n) is 4.89. The number of hydrogen-bond donors (Lipinski definition) is 0. The van der Waals surface area contributed by atoms with Gasteiger partial charge in [-0.2, -0.15) is 17.6 Å². The second-order valence-electron chi connectivity index (χ2n) is 3.63. The summed E-state index contributed by atoms with van der Waals surface area (Å²) in [5.74, 6) is -3.98. The van der Waals surface area contributed by atoms with Gasteiger partial charge in [-0.1, -0.05) is 0 Å². The summed E-state index contributed by atoms with van der Waals surface area (Å²) in [6.45, 7) is 0. The van der Waals surface area contributed by atoms with Gasteiger partial charge >= 0.3 is 6.18 Å². The Morgan fingerprint density at radius 2 is 1.63 bits per heavy atom. The summed E-state index contributed by atoms with van der Waals surface area (Å²) in [4.78, 5) is 3.02. The van der Waals surface area contributed by atoms with E-state index in [-0.39, 0.29) is 11.1 Å². The minimum atomic E-state index is -4.79. The zero-order valence-electron chi connectivity index (χ0n) is 9.02. The van der Waals surface area contributed by atoms with Crippen LogP contribution in [0, 0.1) is 23.6 Å². The van der Waals surface area contributed by atoms with Crippen LogP contribution in [0.2, 0.25) is 0 Å². The van der Waals surface area contributed by atoms with Gasteiger partial charge in [0.15, 0.2) is 5.82 Å². The molecular weight excluding hydrogens is 272 g/mol. The number of alkyl halides is 3. The molecule has 99 valence electrons. The van der Waals surface area contributed by atoms with E-state index in [1.165, 1.54) is 6.07 Å². The zero-order valence-corrected chi connectivity index (χ0v) is 9.02. The first-order valence-corrected chi connectivity index (χ1v) is 4.89. The van der Waals surface area contributed by atoms with Crippen LogP contribution in [-0.2, 0) is 6.18 Å². The van der Waals surface area contributed by atoms with E-state index in [1.54, 1.807) is 0 Å². The fraction of sp³-hybridized carbons (Fsp3) is 0.0833. The van der Waals surface area contributed by atoms with Gasteiger partial charge in [0.1, 0.15) is 5.82 Å². The zero-order chi connectivity index (χ0) is 14.2. The highest BCUT2D eigenvalue weighted by molar-refractivity contribution is 5.63. The molecule has 0 fully saturated rings. The van der Waals surface area contributed by atoms with Gasteiger partial charge in [-0.15, -0.1) is 0 Å². The van der Waals surface area contributed by atoms with Gasteiger partial charge < -0.3 is 0 Å². The lowest BCUT2D eigenvalue weighted by Gasteiger charge is -2.09. The van der Waals surface area contributed by atoms with Gasteiger partial charge in [0.05, 0.1) is 5.56 Å². The van der Waals surface area contributed by atoms with E-state index in [4.69, 9.17) is 0 Å². The highest BCUT2D eigenvalue weighted by atomic mass is 19.4. The number of halogens is 6. The number of hydrogen-bond acceptors (Lipinski definition) is 1. The summed E-state index contributed by atoms with van der Waals surface area (Å²) < 4.78 is 76.0. The molecule has 2 rings (SSSR count). The molecule has 1 aromatic carbocycles. The number of pyridine rings is 1. The molecule has 0 aliphatic rings. The van der Waals surface area contributed by atoms with Gasteiger partial charge in [0.2, 0.25) is 5.95 Å². The van der Waals surface area contributed by atoms with Crippen LogP contribution < -0.4 is 0 Å². The molecule has 0 aliphatic heterocycles. The Morgan fingerprint density at radius 1 is 0.947 bits per heavy atom. The standard InChI is InChI=1S/C12H4F6N/c13-9-2-6(1-8(4-9)12(16,17)18)7-3-10(14)11(15)19-5-7/h1-3,5H. The van der Waals surface area contributed by atoms with Crippen LogP contribution in [0.4, 0.5) is 26.3 Å². The molecule has 0 bridgehead atoms. The smallest absolute Gasteiger partial charge is 0.225 e. The lowest BCUT2D eigenvalue weighted by Crippen LogP contribution is -2.06. The molecule has 19 heavy (non-hydrogen) atoms. The lowest BCUT2D eigenvalue weighted by molar-refractivity contribution is -0.138. The number of benzene rings is 1. The third-order valence-electron chi connectivity index (χ3n) is 2.27. The van der Waals surface area contributed by atoms with Crippen molar-refractivity contribution in [2.45, 2.75) is 6.18 Å². The molecule has 1 nitrogen and oxygen atoms in total. The number of aromatic nitrogens is 1. The molecule has 0 saturated heterocycles. The maximum absolute atomic E-state index is 13.1. The van der Waals surface area contributed by atoms with Crippen molar-refractivity contribution in [1.82, 2.24) is 4.98 Å². The topological polar surface area (TPSA) is 12.9 Å². The summed E-state index contributed by atoms with van der Waals surface area (Å²) in [6, 6.07) is 3.45. The first kappa shape index (κ1) is 13.4. The van der Waals surface area contributed by atoms with E-state index in [2.05, 4.69) is 4.98 Å². The lowest BCUT2D eigenvalue weighted by atomic mass is 10.0. The van der Waals surface area contributed by atoms with Crippen LogP contribution in [0.25, 0.3) is 11.1 Å². The minimum absolute atomic E-state index is 0.169. The van der Waals surface area contributed by atoms with E-state index < -0.39 is 29.3 Å². The number of nitrogens with zero attached hydrogens (tertiary/aromatic N) is 1. The van der Waals surface area contributed by atoms with E-state index >= 15 is 0 Å². The quantitative estimate of drug-likeness (QED) is 0.567. The van der Waals surface area contributed by atoms with Crippen LogP contribution >= 0.6 is 0 Å². The van der Waals surface area contributed by atoms with Crippen LogP contribution in [0.5, 0.6) is 0 Å². The molecule has 1 aromatic heterocycles. The average Bonchev–Trinajstić information content (AvgIpc) is 2.31. The molecule has 0 amide bonds. The first-order chi connectivity index (χ1) is 8.77. The summed E-state index contributed by atoms with van der Waals surface area (Å²) in [6.07, 6.45) is -3.98. The molecule has 2 aromatic rings. The molecule has 1 radical (unpaired) electrons. The third kappa shape index (κ3) is 2.86. The Balaban J connectivity index is 2.56. The normalized spacial score (nSPS) is 11.7. The summed E-state index contributed by atoms with van der Waals surface area (Å²) in [5.41, 5.74) is -1.78. The van der Waals surface area contributed by atoms with E-state index in [1.807, 2.05) is 0 Å². The summed E-state index contributed by atoms with van der Waals surface area (Å²) >= 11 is 0. The van der Waals surface area contributed by atoms with Crippen molar-refractivity contribution in [3.63, 3.8) is 0 Å². The van der Waals surface area contributed by atoms with Gasteiger partial charge in [0, 0.05) is 17.8 Å². The van der Waals surface area contributed by atoms with Crippen molar-refractivity contribution in [2.75, 3.05) is 0 Å². The van der Waals surface area contributed by atoms with Gasteiger partial charge in [0.25, 0.3) is 0 Å². The van der Waals surface area contributed by atoms with Crippen molar-refractivity contribution in [3.05, 3.63) is 53.6 Å². The fourth-order valence-electron chi connectivity index (χ4n) is 1.43. The second kappa shape index (κ2) is 4.56. The monoisotopic (exact) mass is 276 g/mol. The molecule has 0 spiro atoms. The van der Waals surface area contributed by atoms with E-state index in [0.717, 1.165) is 12.3 Å². The van der Waals surface area contributed by atoms with Crippen LogP contribution in [0.1, 0.15) is 5.56 Å². The Kier molecular flexibility index (Phi) is 3.21. The highest BCUT2D eigenvalue weighted by Gasteiger charge is 2.31. The largest absolute Gasteiger partial charge is 0.417 e. The fourth-order valence-corrected chi connectivity index (χ4v) is 1.43. The third-order valence-corrected chi connectivity index (χ3v) is 2.27. The molecule has 0 saturated carbocycles. The predicted octanol–water partition coefficient (Wildman–Crippen LogP) is 3.98. The van der Waals surface area contributed by atoms with Crippen molar-refractivity contribution in [2.24, 2.45) is 0 Å². The molecule has 0 N–H and O–H groups in total. The maximum Gasteiger partial charge on any atom is 0.417 e. The molecule has 0 unspecified atom stereocenters. The summed E-state index contributed by atoms with van der Waals surface area (Å²) in [7, 11) is 0. The Bertz CT molecular complexity index is 620. The maximum atomic E-state index is 13.1. The molecule has 0 atom stereocenters. The summed E-state index contributed by atoms with van der Waals surface area (Å²) in [5, 5.41) is 0. The minimum Gasteiger partial charge on any atom is -0.225 e. The van der Waals surface area contributed by atoms with Crippen LogP contribution in [0.15, 0.2) is 24.4 Å². The van der Waals surface area contributed by atoms with Crippen LogP contribution in [-0.4, -0.2) is 4.98 Å². The van der Waals surface area contributed by atoms with E-state index in [9.17, 15) is 26.3 Å². The van der Waals surface area contributed by atoms with Crippen LogP contribution in [0.3, 0.4) is 0 Å². The predicted molar refractivity (Wildman–Crippen MR) is 53.4 cm³/mol. The molecule has 1 heterocycles.